The molecule has 0 saturated carbocycles. The first-order valence-electron chi connectivity index (χ1n) is 9.88. The summed E-state index contributed by atoms with van der Waals surface area (Å²) in [4.78, 5) is 21.4. The molecule has 2 aliphatic rings. The van der Waals surface area contributed by atoms with Crippen molar-refractivity contribution in [2.24, 2.45) is 0 Å². The smallest absolute Gasteiger partial charge is 0.282 e. The lowest BCUT2D eigenvalue weighted by Crippen LogP contribution is -3.14. The average molecular weight is 379 g/mol. The number of para-hydroxylation sites is 2. The number of nitrogens with one attached hydrogen (secondary N) is 1. The van der Waals surface area contributed by atoms with E-state index in [9.17, 15) is 4.79 Å². The molecule has 0 radical (unpaired) electrons. The fourth-order valence-electron chi connectivity index (χ4n) is 4.51. The van der Waals surface area contributed by atoms with Crippen LogP contribution >= 0.6 is 11.3 Å². The van der Waals surface area contributed by atoms with Gasteiger partial charge >= 0.3 is 0 Å². The Bertz CT molecular complexity index is 949. The van der Waals surface area contributed by atoms with Gasteiger partial charge in [-0.25, -0.2) is 4.98 Å². The van der Waals surface area contributed by atoms with Crippen LogP contribution in [0.15, 0.2) is 48.5 Å². The van der Waals surface area contributed by atoms with Gasteiger partial charge in [0, 0.05) is 18.7 Å². The fourth-order valence-corrected chi connectivity index (χ4v) is 5.68. The van der Waals surface area contributed by atoms with E-state index in [1.165, 1.54) is 33.0 Å². The molecule has 5 heteroatoms. The number of fused-ring (bicyclic) bond motifs is 2. The maximum Gasteiger partial charge on any atom is 0.282 e. The number of anilines is 1. The third kappa shape index (κ3) is 3.15. The van der Waals surface area contributed by atoms with E-state index in [2.05, 4.69) is 36.4 Å². The number of carbonyl (C=O) groups excluding carboxylic acids is 1. The zero-order valence-electron chi connectivity index (χ0n) is 15.4. The van der Waals surface area contributed by atoms with Gasteiger partial charge in [-0.15, -0.1) is 11.3 Å². The number of benzene rings is 2. The molecule has 2 aliphatic heterocycles. The van der Waals surface area contributed by atoms with Crippen molar-refractivity contribution >= 4 is 33.1 Å². The SMILES string of the molecule is O=C(C[NH+]1CCCC[C@H]1c1nc2ccccc2s1)N1CCc2ccccc21. The number of nitrogens with zero attached hydrogens (tertiary/aromatic N) is 2. The molecule has 1 amide bonds. The third-order valence-corrected chi connectivity index (χ3v) is 7.06. The van der Waals surface area contributed by atoms with Crippen molar-refractivity contribution in [2.75, 3.05) is 24.5 Å². The maximum atomic E-state index is 13.1. The molecule has 3 aromatic rings. The van der Waals surface area contributed by atoms with Crippen LogP contribution in [0.1, 0.15) is 35.9 Å². The van der Waals surface area contributed by atoms with E-state index in [0.29, 0.717) is 12.6 Å². The first kappa shape index (κ1) is 16.9. The molecular formula is C22H24N3OS+. The molecule has 1 saturated heterocycles. The lowest BCUT2D eigenvalue weighted by atomic mass is 10.0. The standard InChI is InChI=1S/C22H23N3OS/c26-21(25-14-12-16-7-1-3-9-18(16)25)15-24-13-6-5-10-19(24)22-23-17-8-2-4-11-20(17)27-22/h1-4,7-9,11,19H,5-6,10,12-15H2/p+1/t19-/m0/s1. The lowest BCUT2D eigenvalue weighted by Gasteiger charge is -2.32. The monoisotopic (exact) mass is 378 g/mol. The summed E-state index contributed by atoms with van der Waals surface area (Å²) in [6.45, 7) is 2.44. The first-order chi connectivity index (χ1) is 13.3. The summed E-state index contributed by atoms with van der Waals surface area (Å²) in [5.41, 5.74) is 3.49. The second kappa shape index (κ2) is 7.06. The van der Waals surface area contributed by atoms with Crippen molar-refractivity contribution in [3.63, 3.8) is 0 Å². The van der Waals surface area contributed by atoms with Crippen LogP contribution in [-0.2, 0) is 11.2 Å². The number of aromatic nitrogens is 1. The predicted molar refractivity (Wildman–Crippen MR) is 109 cm³/mol. The van der Waals surface area contributed by atoms with Gasteiger partial charge < -0.3 is 9.80 Å². The molecule has 4 nitrogen and oxygen atoms in total. The number of likely N-dealkylation sites (tertiary alicyclic amines) is 1. The van der Waals surface area contributed by atoms with Crippen LogP contribution in [0.2, 0.25) is 0 Å². The Morgan fingerprint density at radius 2 is 2.00 bits per heavy atom. The highest BCUT2D eigenvalue weighted by Crippen LogP contribution is 2.29. The molecule has 3 heterocycles. The number of rotatable bonds is 3. The van der Waals surface area contributed by atoms with Crippen LogP contribution in [0, 0.1) is 0 Å². The Morgan fingerprint density at radius 3 is 2.93 bits per heavy atom. The molecule has 1 fully saturated rings. The normalized spacial score (nSPS) is 22.1. The molecule has 1 aromatic heterocycles. The van der Waals surface area contributed by atoms with Crippen molar-refractivity contribution in [3.05, 3.63) is 59.1 Å². The van der Waals surface area contributed by atoms with Crippen LogP contribution in [-0.4, -0.2) is 30.5 Å². The van der Waals surface area contributed by atoms with Crippen LogP contribution in [0.3, 0.4) is 0 Å². The van der Waals surface area contributed by atoms with Crippen molar-refractivity contribution in [1.29, 1.82) is 0 Å². The number of piperidine rings is 1. The summed E-state index contributed by atoms with van der Waals surface area (Å²) in [5.74, 6) is 0.253. The molecule has 0 aliphatic carbocycles. The summed E-state index contributed by atoms with van der Waals surface area (Å²) < 4.78 is 1.25. The van der Waals surface area contributed by atoms with Crippen molar-refractivity contribution < 1.29 is 9.69 Å². The van der Waals surface area contributed by atoms with Gasteiger partial charge in [0.15, 0.2) is 11.6 Å². The van der Waals surface area contributed by atoms with E-state index in [0.717, 1.165) is 37.1 Å². The molecule has 5 rings (SSSR count). The maximum absolute atomic E-state index is 13.1. The molecule has 1 unspecified atom stereocenters. The van der Waals surface area contributed by atoms with E-state index in [1.807, 2.05) is 17.0 Å². The van der Waals surface area contributed by atoms with Crippen LogP contribution in [0.5, 0.6) is 0 Å². The summed E-state index contributed by atoms with van der Waals surface area (Å²) >= 11 is 1.80. The summed E-state index contributed by atoms with van der Waals surface area (Å²) in [5, 5.41) is 1.19. The lowest BCUT2D eigenvalue weighted by molar-refractivity contribution is -0.929. The van der Waals surface area contributed by atoms with Crippen molar-refractivity contribution in [1.82, 2.24) is 4.98 Å². The largest absolute Gasteiger partial charge is 0.319 e. The zero-order valence-corrected chi connectivity index (χ0v) is 16.2. The van der Waals surface area contributed by atoms with Gasteiger partial charge in [-0.05, 0) is 43.0 Å². The van der Waals surface area contributed by atoms with Gasteiger partial charge in [-0.2, -0.15) is 0 Å². The molecule has 2 aromatic carbocycles. The Hall–Kier alpha value is -2.24. The van der Waals surface area contributed by atoms with Crippen LogP contribution < -0.4 is 9.80 Å². The second-order valence-electron chi connectivity index (χ2n) is 7.58. The number of thiazole rings is 1. The topological polar surface area (TPSA) is 37.6 Å². The first-order valence-corrected chi connectivity index (χ1v) is 10.7. The second-order valence-corrected chi connectivity index (χ2v) is 8.64. The molecule has 2 atom stereocenters. The predicted octanol–water partition coefficient (Wildman–Crippen LogP) is 3.00. The minimum atomic E-state index is 0.253. The van der Waals surface area contributed by atoms with E-state index >= 15 is 0 Å². The van der Waals surface area contributed by atoms with E-state index in [-0.39, 0.29) is 5.91 Å². The molecular weight excluding hydrogens is 354 g/mol. The Labute approximate surface area is 163 Å². The van der Waals surface area contributed by atoms with Gasteiger partial charge in [0.2, 0.25) is 0 Å². The number of quaternary nitrogens is 1. The quantitative estimate of drug-likeness (QED) is 0.761. The third-order valence-electron chi connectivity index (χ3n) is 5.91. The summed E-state index contributed by atoms with van der Waals surface area (Å²) in [7, 11) is 0. The highest BCUT2D eigenvalue weighted by atomic mass is 32.1. The highest BCUT2D eigenvalue weighted by Gasteiger charge is 2.34. The van der Waals surface area contributed by atoms with E-state index < -0.39 is 0 Å². The van der Waals surface area contributed by atoms with E-state index in [1.54, 1.807) is 11.3 Å². The summed E-state index contributed by atoms with van der Waals surface area (Å²) in [6.07, 6.45) is 4.52. The minimum absolute atomic E-state index is 0.253. The molecule has 1 N–H and O–H groups in total. The molecule has 0 spiro atoms. The van der Waals surface area contributed by atoms with Gasteiger partial charge in [-0.1, -0.05) is 30.3 Å². The van der Waals surface area contributed by atoms with Crippen molar-refractivity contribution in [3.8, 4) is 0 Å². The number of hydrogen-bond donors (Lipinski definition) is 1. The molecule has 27 heavy (non-hydrogen) atoms. The average Bonchev–Trinajstić information content (AvgIpc) is 3.32. The van der Waals surface area contributed by atoms with Crippen LogP contribution in [0.4, 0.5) is 5.69 Å². The zero-order chi connectivity index (χ0) is 18.2. The molecule has 138 valence electrons. The van der Waals surface area contributed by atoms with Gasteiger partial charge in [-0.3, -0.25) is 4.79 Å². The number of amides is 1. The van der Waals surface area contributed by atoms with Crippen LogP contribution in [0.25, 0.3) is 10.2 Å². The fraction of sp³-hybridized carbons (Fsp3) is 0.364. The minimum Gasteiger partial charge on any atom is -0.319 e. The Kier molecular flexibility index (Phi) is 4.42. The van der Waals surface area contributed by atoms with Gasteiger partial charge in [0.25, 0.3) is 5.91 Å². The highest BCUT2D eigenvalue weighted by molar-refractivity contribution is 7.18. The number of carbonyl (C=O) groups is 1. The molecule has 0 bridgehead atoms. The Morgan fingerprint density at radius 1 is 1.15 bits per heavy atom. The van der Waals surface area contributed by atoms with Gasteiger partial charge in [0.05, 0.1) is 16.8 Å². The van der Waals surface area contributed by atoms with Gasteiger partial charge in [0.1, 0.15) is 6.04 Å². The Balaban J connectivity index is 1.37. The van der Waals surface area contributed by atoms with E-state index in [4.69, 9.17) is 4.98 Å². The summed E-state index contributed by atoms with van der Waals surface area (Å²) in [6, 6.07) is 17.0. The van der Waals surface area contributed by atoms with Crippen molar-refractivity contribution in [2.45, 2.75) is 31.7 Å². The number of hydrogen-bond acceptors (Lipinski definition) is 3.